The fourth-order valence-corrected chi connectivity index (χ4v) is 1.74. The second kappa shape index (κ2) is 7.59. The van der Waals surface area contributed by atoms with E-state index in [0.29, 0.717) is 13.0 Å². The second-order valence-electron chi connectivity index (χ2n) is 4.58. The molecule has 0 aliphatic rings. The quantitative estimate of drug-likeness (QED) is 0.687. The van der Waals surface area contributed by atoms with E-state index in [-0.39, 0.29) is 19.1 Å². The third kappa shape index (κ3) is 8.31. The minimum atomic E-state index is -4.13. The Hall–Kier alpha value is -0.800. The molecule has 0 heterocycles. The van der Waals surface area contributed by atoms with Crippen molar-refractivity contribution in [1.29, 1.82) is 5.26 Å². The van der Waals surface area contributed by atoms with E-state index in [1.54, 1.807) is 13.8 Å². The zero-order valence-corrected chi connectivity index (χ0v) is 11.1. The monoisotopic (exact) mass is 266 g/mol. The standard InChI is InChI=1S/C12H21F3N2O/c1-4-17-11(3,9-16)8-10(2)18-7-5-6-12(13,14)15/h10,17H,4-8H2,1-3H3. The Balaban J connectivity index is 3.90. The van der Waals surface area contributed by atoms with Crippen molar-refractivity contribution in [2.24, 2.45) is 0 Å². The first-order valence-electron chi connectivity index (χ1n) is 6.07. The Labute approximate surface area is 106 Å². The van der Waals surface area contributed by atoms with Gasteiger partial charge in [0.25, 0.3) is 0 Å². The fraction of sp³-hybridized carbons (Fsp3) is 0.917. The van der Waals surface area contributed by atoms with Crippen LogP contribution in [0.4, 0.5) is 13.2 Å². The molecule has 0 radical (unpaired) electrons. The Morgan fingerprint density at radius 2 is 2.00 bits per heavy atom. The van der Waals surface area contributed by atoms with Crippen molar-refractivity contribution in [1.82, 2.24) is 5.32 Å². The normalized spacial score (nSPS) is 16.9. The van der Waals surface area contributed by atoms with Crippen molar-refractivity contribution in [2.45, 2.75) is 57.9 Å². The van der Waals surface area contributed by atoms with Crippen LogP contribution >= 0.6 is 0 Å². The molecule has 18 heavy (non-hydrogen) atoms. The van der Waals surface area contributed by atoms with Gasteiger partial charge in [-0.15, -0.1) is 0 Å². The average molecular weight is 266 g/mol. The molecule has 0 aliphatic carbocycles. The van der Waals surface area contributed by atoms with Gasteiger partial charge in [0.1, 0.15) is 5.54 Å². The number of nitrogens with zero attached hydrogens (tertiary/aromatic N) is 1. The third-order valence-electron chi connectivity index (χ3n) is 2.52. The van der Waals surface area contributed by atoms with Crippen molar-refractivity contribution in [3.63, 3.8) is 0 Å². The highest BCUT2D eigenvalue weighted by molar-refractivity contribution is 5.04. The minimum absolute atomic E-state index is 0.0433. The second-order valence-corrected chi connectivity index (χ2v) is 4.58. The summed E-state index contributed by atoms with van der Waals surface area (Å²) < 4.78 is 41.0. The zero-order chi connectivity index (χ0) is 14.2. The lowest BCUT2D eigenvalue weighted by Crippen LogP contribution is -2.43. The molecule has 0 aromatic heterocycles. The Bertz CT molecular complexity index is 275. The molecule has 106 valence electrons. The van der Waals surface area contributed by atoms with E-state index in [2.05, 4.69) is 11.4 Å². The number of nitrogens with one attached hydrogen (secondary N) is 1. The van der Waals surface area contributed by atoms with Gasteiger partial charge in [-0.25, -0.2) is 0 Å². The molecule has 1 N–H and O–H groups in total. The van der Waals surface area contributed by atoms with E-state index >= 15 is 0 Å². The highest BCUT2D eigenvalue weighted by atomic mass is 19.4. The minimum Gasteiger partial charge on any atom is -0.378 e. The van der Waals surface area contributed by atoms with Gasteiger partial charge in [-0.1, -0.05) is 6.92 Å². The molecule has 0 aromatic rings. The molecule has 0 saturated carbocycles. The van der Waals surface area contributed by atoms with E-state index < -0.39 is 18.1 Å². The summed E-state index contributed by atoms with van der Waals surface area (Å²) in [6.07, 6.45) is -4.80. The van der Waals surface area contributed by atoms with Gasteiger partial charge in [0.15, 0.2) is 0 Å². The molecule has 0 amide bonds. The first-order chi connectivity index (χ1) is 8.22. The molecule has 0 saturated heterocycles. The summed E-state index contributed by atoms with van der Waals surface area (Å²) in [5.41, 5.74) is -0.696. The molecule has 0 aliphatic heterocycles. The third-order valence-corrected chi connectivity index (χ3v) is 2.52. The van der Waals surface area contributed by atoms with Gasteiger partial charge >= 0.3 is 6.18 Å². The lowest BCUT2D eigenvalue weighted by Gasteiger charge is -2.26. The fourth-order valence-electron chi connectivity index (χ4n) is 1.74. The summed E-state index contributed by atoms with van der Waals surface area (Å²) in [6, 6.07) is 2.15. The van der Waals surface area contributed by atoms with E-state index in [1.807, 2.05) is 6.92 Å². The molecular weight excluding hydrogens is 245 g/mol. The van der Waals surface area contributed by atoms with E-state index in [4.69, 9.17) is 10.00 Å². The molecular formula is C12H21F3N2O. The summed E-state index contributed by atoms with van der Waals surface area (Å²) in [7, 11) is 0. The van der Waals surface area contributed by atoms with Crippen LogP contribution in [0.1, 0.15) is 40.0 Å². The smallest absolute Gasteiger partial charge is 0.378 e. The first kappa shape index (κ1) is 17.2. The maximum Gasteiger partial charge on any atom is 0.389 e. The number of hydrogen-bond donors (Lipinski definition) is 1. The molecule has 0 aromatic carbocycles. The maximum atomic E-state index is 11.9. The van der Waals surface area contributed by atoms with Crippen LogP contribution in [-0.2, 0) is 4.74 Å². The lowest BCUT2D eigenvalue weighted by molar-refractivity contribution is -0.138. The van der Waals surface area contributed by atoms with Crippen LogP contribution in [0.25, 0.3) is 0 Å². The summed E-state index contributed by atoms with van der Waals surface area (Å²) >= 11 is 0. The average Bonchev–Trinajstić information content (AvgIpc) is 2.23. The van der Waals surface area contributed by atoms with Crippen LogP contribution in [0.5, 0.6) is 0 Å². The van der Waals surface area contributed by atoms with E-state index in [9.17, 15) is 13.2 Å². The van der Waals surface area contributed by atoms with Gasteiger partial charge in [0, 0.05) is 19.4 Å². The summed E-state index contributed by atoms with van der Waals surface area (Å²) in [6.45, 7) is 6.14. The van der Waals surface area contributed by atoms with Crippen molar-refractivity contribution in [3.8, 4) is 6.07 Å². The van der Waals surface area contributed by atoms with Crippen LogP contribution in [0.15, 0.2) is 0 Å². The van der Waals surface area contributed by atoms with Crippen LogP contribution in [0, 0.1) is 11.3 Å². The van der Waals surface area contributed by atoms with Crippen molar-refractivity contribution in [2.75, 3.05) is 13.2 Å². The van der Waals surface area contributed by atoms with Gasteiger partial charge in [-0.2, -0.15) is 18.4 Å². The number of alkyl halides is 3. The van der Waals surface area contributed by atoms with E-state index in [1.165, 1.54) is 0 Å². The lowest BCUT2D eigenvalue weighted by atomic mass is 9.96. The molecule has 0 fully saturated rings. The molecule has 0 rings (SSSR count). The Kier molecular flexibility index (Phi) is 7.26. The molecule has 3 nitrogen and oxygen atoms in total. The van der Waals surface area contributed by atoms with Gasteiger partial charge in [-0.3, -0.25) is 5.32 Å². The Morgan fingerprint density at radius 1 is 1.39 bits per heavy atom. The van der Waals surface area contributed by atoms with Crippen LogP contribution in [0.2, 0.25) is 0 Å². The Morgan fingerprint density at radius 3 is 2.44 bits per heavy atom. The van der Waals surface area contributed by atoms with Gasteiger partial charge < -0.3 is 4.74 Å². The molecule has 6 heteroatoms. The molecule has 2 atom stereocenters. The predicted octanol–water partition coefficient (Wildman–Crippen LogP) is 3.02. The highest BCUT2D eigenvalue weighted by Crippen LogP contribution is 2.21. The van der Waals surface area contributed by atoms with Gasteiger partial charge in [0.05, 0.1) is 12.2 Å². The van der Waals surface area contributed by atoms with Crippen LogP contribution < -0.4 is 5.32 Å². The topological polar surface area (TPSA) is 45.0 Å². The number of halogens is 3. The predicted molar refractivity (Wildman–Crippen MR) is 63.0 cm³/mol. The van der Waals surface area contributed by atoms with Gasteiger partial charge in [-0.05, 0) is 26.8 Å². The van der Waals surface area contributed by atoms with Crippen molar-refractivity contribution >= 4 is 0 Å². The SMILES string of the molecule is CCNC(C)(C#N)CC(C)OCCCC(F)(F)F. The first-order valence-corrected chi connectivity index (χ1v) is 6.07. The summed E-state index contributed by atoms with van der Waals surface area (Å²) in [4.78, 5) is 0. The zero-order valence-electron chi connectivity index (χ0n) is 11.1. The van der Waals surface area contributed by atoms with Crippen molar-refractivity contribution in [3.05, 3.63) is 0 Å². The molecule has 0 bridgehead atoms. The number of hydrogen-bond acceptors (Lipinski definition) is 3. The van der Waals surface area contributed by atoms with Gasteiger partial charge in [0.2, 0.25) is 0 Å². The number of rotatable bonds is 8. The van der Waals surface area contributed by atoms with Crippen molar-refractivity contribution < 1.29 is 17.9 Å². The molecule has 0 spiro atoms. The highest BCUT2D eigenvalue weighted by Gasteiger charge is 2.27. The molecule has 2 unspecified atom stereocenters. The van der Waals surface area contributed by atoms with Crippen LogP contribution in [-0.4, -0.2) is 31.0 Å². The number of ether oxygens (including phenoxy) is 1. The number of nitriles is 1. The largest absolute Gasteiger partial charge is 0.389 e. The summed E-state index contributed by atoms with van der Waals surface area (Å²) in [5, 5.41) is 12.1. The van der Waals surface area contributed by atoms with Crippen LogP contribution in [0.3, 0.4) is 0 Å². The maximum absolute atomic E-state index is 11.9. The summed E-state index contributed by atoms with van der Waals surface area (Å²) in [5.74, 6) is 0. The van der Waals surface area contributed by atoms with E-state index in [0.717, 1.165) is 0 Å².